The van der Waals surface area contributed by atoms with Gasteiger partial charge < -0.3 is 45.4 Å². The molecule has 14 heteroatoms. The molecular formula is C47H53N5O9. The first-order valence-electron chi connectivity index (χ1n) is 20.9. The van der Waals surface area contributed by atoms with Crippen molar-refractivity contribution in [2.24, 2.45) is 5.92 Å². The number of amides is 2. The third kappa shape index (κ3) is 11.3. The molecule has 3 aliphatic heterocycles. The molecule has 14 nitrogen and oxygen atoms in total. The SMILES string of the molecule is CC(NC(=O)c1ccc(COc2cccc(C(NC(=O)O[C@H]3CN4CCC3CC4)c3ccccc3)c2)cc1)C(=O)OCCCCNC[C@@H](O)c1ccc(O)c2[nH]c(=O)ccc12. The first-order chi connectivity index (χ1) is 29.6. The second-order valence-corrected chi connectivity index (χ2v) is 15.7. The summed E-state index contributed by atoms with van der Waals surface area (Å²) >= 11 is 0. The molecule has 6 N–H and O–H groups in total. The average Bonchev–Trinajstić information content (AvgIpc) is 3.28. The number of carbonyl (C=O) groups is 3. The number of benzene rings is 4. The van der Waals surface area contributed by atoms with Crippen molar-refractivity contribution in [1.29, 1.82) is 0 Å². The van der Waals surface area contributed by atoms with Crippen LogP contribution in [0.3, 0.4) is 0 Å². The Morgan fingerprint density at radius 1 is 0.885 bits per heavy atom. The Kier molecular flexibility index (Phi) is 14.3. The van der Waals surface area contributed by atoms with Gasteiger partial charge >= 0.3 is 12.1 Å². The maximum atomic E-state index is 13.2. The number of aliphatic hydroxyl groups excluding tert-OH is 1. The van der Waals surface area contributed by atoms with Gasteiger partial charge in [-0.15, -0.1) is 0 Å². The van der Waals surface area contributed by atoms with Crippen molar-refractivity contribution in [3.05, 3.63) is 141 Å². The van der Waals surface area contributed by atoms with E-state index in [0.717, 1.165) is 49.2 Å². The molecule has 0 aliphatic carbocycles. The van der Waals surface area contributed by atoms with E-state index in [9.17, 15) is 29.4 Å². The van der Waals surface area contributed by atoms with Gasteiger partial charge in [-0.2, -0.15) is 0 Å². The summed E-state index contributed by atoms with van der Waals surface area (Å²) in [7, 11) is 0. The van der Waals surface area contributed by atoms with Crippen LogP contribution in [0.5, 0.6) is 11.5 Å². The minimum atomic E-state index is -0.870. The Labute approximate surface area is 354 Å². The number of aromatic hydroxyl groups is 1. The third-order valence-electron chi connectivity index (χ3n) is 11.4. The Morgan fingerprint density at radius 2 is 1.66 bits per heavy atom. The van der Waals surface area contributed by atoms with Crippen LogP contribution in [-0.4, -0.2) is 89.5 Å². The molecule has 4 aromatic carbocycles. The number of aliphatic hydroxyl groups is 1. The Bertz CT molecular complexity index is 2330. The standard InChI is InChI=1S/C47H53N5O9/c1-30(46(57)59-25-6-5-22-48-27-40(54)37-16-18-39(53)44-38(37)17-19-42(55)50-44)49-45(56)34-14-12-31(13-15-34)29-60-36-11-7-10-35(26-36)43(33-8-3-2-4-9-33)51-47(58)61-41-28-52-23-20-32(41)21-24-52/h2-4,7-19,26,30,32,40-41,43,48,53-54H,5-6,20-25,27-29H2,1H3,(H,49,56)(H,50,55)(H,51,58)/t30?,40-,41+,43?/m1/s1. The number of nitrogens with one attached hydrogen (secondary N) is 4. The fourth-order valence-corrected chi connectivity index (χ4v) is 7.93. The first-order valence-corrected chi connectivity index (χ1v) is 20.9. The van der Waals surface area contributed by atoms with Gasteiger partial charge in [0.1, 0.15) is 30.3 Å². The molecule has 3 fully saturated rings. The number of alkyl carbamates (subject to hydrolysis) is 1. The van der Waals surface area contributed by atoms with Crippen molar-refractivity contribution in [2.75, 3.05) is 39.3 Å². The van der Waals surface area contributed by atoms with Crippen LogP contribution in [0, 0.1) is 5.92 Å². The highest BCUT2D eigenvalue weighted by Gasteiger charge is 2.37. The number of carbonyl (C=O) groups excluding carboxylic acids is 3. The second kappa shape index (κ2) is 20.4. The molecule has 2 unspecified atom stereocenters. The molecule has 5 aromatic rings. The number of fused-ring (bicyclic) bond motifs is 4. The summed E-state index contributed by atoms with van der Waals surface area (Å²) in [6, 6.07) is 29.0. The number of esters is 1. The van der Waals surface area contributed by atoms with E-state index in [1.54, 1.807) is 43.3 Å². The zero-order valence-electron chi connectivity index (χ0n) is 34.2. The highest BCUT2D eigenvalue weighted by atomic mass is 16.6. The van der Waals surface area contributed by atoms with Gasteiger partial charge in [0.25, 0.3) is 5.91 Å². The Morgan fingerprint density at radius 3 is 2.41 bits per heavy atom. The molecule has 2 bridgehead atoms. The zero-order chi connectivity index (χ0) is 42.7. The van der Waals surface area contributed by atoms with Crippen LogP contribution >= 0.6 is 0 Å². The number of nitrogens with zero attached hydrogens (tertiary/aromatic N) is 1. The quantitative estimate of drug-likeness (QED) is 0.0484. The number of ether oxygens (including phenoxy) is 3. The van der Waals surface area contributed by atoms with Gasteiger partial charge in [0.2, 0.25) is 5.56 Å². The molecule has 3 saturated heterocycles. The summed E-state index contributed by atoms with van der Waals surface area (Å²) in [6.07, 6.45) is 1.95. The molecule has 61 heavy (non-hydrogen) atoms. The fraction of sp³-hybridized carbons (Fsp3) is 0.362. The number of pyridine rings is 1. The van der Waals surface area contributed by atoms with Crippen molar-refractivity contribution < 1.29 is 38.8 Å². The molecule has 0 spiro atoms. The Hall–Kier alpha value is -6.22. The molecule has 4 atom stereocenters. The topological polar surface area (TPSA) is 192 Å². The number of hydrogen-bond donors (Lipinski definition) is 6. The average molecular weight is 832 g/mol. The first kappa shape index (κ1) is 42.9. The minimum Gasteiger partial charge on any atom is -0.506 e. The number of phenolic OH excluding ortho intramolecular Hbond substituents is 1. The smallest absolute Gasteiger partial charge is 0.408 e. The predicted octanol–water partition coefficient (Wildman–Crippen LogP) is 5.49. The summed E-state index contributed by atoms with van der Waals surface area (Å²) in [6.45, 7) is 5.71. The molecule has 0 radical (unpaired) electrons. The summed E-state index contributed by atoms with van der Waals surface area (Å²) in [5.41, 5.74) is 3.49. The molecule has 320 valence electrons. The van der Waals surface area contributed by atoms with E-state index in [2.05, 4.69) is 25.8 Å². The van der Waals surface area contributed by atoms with Gasteiger partial charge in [0, 0.05) is 30.1 Å². The van der Waals surface area contributed by atoms with E-state index in [4.69, 9.17) is 14.2 Å². The lowest BCUT2D eigenvalue weighted by Gasteiger charge is -2.43. The van der Waals surface area contributed by atoms with Gasteiger partial charge in [0.05, 0.1) is 24.3 Å². The molecule has 0 saturated carbocycles. The molecule has 8 rings (SSSR count). The predicted molar refractivity (Wildman–Crippen MR) is 229 cm³/mol. The Balaban J connectivity index is 0.822. The van der Waals surface area contributed by atoms with Crippen LogP contribution < -0.4 is 26.2 Å². The van der Waals surface area contributed by atoms with Crippen molar-refractivity contribution in [2.45, 2.75) is 63.5 Å². The van der Waals surface area contributed by atoms with Crippen molar-refractivity contribution in [3.8, 4) is 11.5 Å². The second-order valence-electron chi connectivity index (χ2n) is 15.7. The zero-order valence-corrected chi connectivity index (χ0v) is 34.2. The van der Waals surface area contributed by atoms with Crippen molar-refractivity contribution in [3.63, 3.8) is 0 Å². The molecule has 2 amide bonds. The maximum absolute atomic E-state index is 13.2. The van der Waals surface area contributed by atoms with E-state index in [1.807, 2.05) is 54.6 Å². The van der Waals surface area contributed by atoms with Crippen LogP contribution in [0.25, 0.3) is 10.9 Å². The van der Waals surface area contributed by atoms with Crippen LogP contribution in [-0.2, 0) is 20.9 Å². The fourth-order valence-electron chi connectivity index (χ4n) is 7.93. The monoisotopic (exact) mass is 831 g/mol. The van der Waals surface area contributed by atoms with Crippen molar-refractivity contribution >= 4 is 28.9 Å². The lowest BCUT2D eigenvalue weighted by molar-refractivity contribution is -0.145. The summed E-state index contributed by atoms with van der Waals surface area (Å²) in [4.78, 5) is 55.4. The van der Waals surface area contributed by atoms with Crippen LogP contribution in [0.2, 0.25) is 0 Å². The number of hydrogen-bond acceptors (Lipinski definition) is 11. The lowest BCUT2D eigenvalue weighted by Crippen LogP contribution is -2.52. The lowest BCUT2D eigenvalue weighted by atomic mass is 9.86. The van der Waals surface area contributed by atoms with Gasteiger partial charge in [-0.1, -0.05) is 60.7 Å². The van der Waals surface area contributed by atoms with Gasteiger partial charge in [-0.3, -0.25) is 14.5 Å². The number of unbranched alkanes of at least 4 members (excludes halogenated alkanes) is 1. The van der Waals surface area contributed by atoms with Crippen molar-refractivity contribution in [1.82, 2.24) is 25.8 Å². The molecule has 3 aliphatic rings. The summed E-state index contributed by atoms with van der Waals surface area (Å²) in [5, 5.41) is 30.3. The van der Waals surface area contributed by atoms with Gasteiger partial charge in [0.15, 0.2) is 0 Å². The van der Waals surface area contributed by atoms with Crippen LogP contribution in [0.15, 0.2) is 108 Å². The minimum absolute atomic E-state index is 0.0702. The van der Waals surface area contributed by atoms with Crippen LogP contribution in [0.1, 0.15) is 77.4 Å². The van der Waals surface area contributed by atoms with E-state index in [1.165, 1.54) is 12.1 Å². The largest absolute Gasteiger partial charge is 0.506 e. The van der Waals surface area contributed by atoms with Gasteiger partial charge in [-0.25, -0.2) is 9.59 Å². The maximum Gasteiger partial charge on any atom is 0.408 e. The summed E-state index contributed by atoms with van der Waals surface area (Å²) in [5.74, 6) is 0.00170. The third-order valence-corrected chi connectivity index (χ3v) is 11.4. The summed E-state index contributed by atoms with van der Waals surface area (Å²) < 4.78 is 17.5. The number of piperidine rings is 3. The highest BCUT2D eigenvalue weighted by Crippen LogP contribution is 2.31. The van der Waals surface area contributed by atoms with E-state index in [0.29, 0.717) is 47.6 Å². The number of aromatic nitrogens is 1. The molecule has 4 heterocycles. The number of phenols is 1. The van der Waals surface area contributed by atoms with E-state index in [-0.39, 0.29) is 42.7 Å². The van der Waals surface area contributed by atoms with E-state index >= 15 is 0 Å². The normalized spacial score (nSPS) is 18.4. The van der Waals surface area contributed by atoms with E-state index < -0.39 is 36.2 Å². The number of H-pyrrole nitrogens is 1. The number of aromatic amines is 1. The molecule has 1 aromatic heterocycles. The highest BCUT2D eigenvalue weighted by molar-refractivity contribution is 5.96. The van der Waals surface area contributed by atoms with Gasteiger partial charge in [-0.05, 0) is 117 Å². The number of rotatable bonds is 18. The van der Waals surface area contributed by atoms with Crippen LogP contribution in [0.4, 0.5) is 4.79 Å². The molecular weight excluding hydrogens is 779 g/mol.